The van der Waals surface area contributed by atoms with E-state index >= 15 is 0 Å². The molecule has 1 aliphatic carbocycles. The summed E-state index contributed by atoms with van der Waals surface area (Å²) in [5.41, 5.74) is 2.78. The van der Waals surface area contributed by atoms with Crippen LogP contribution in [0.5, 0.6) is 0 Å². The van der Waals surface area contributed by atoms with Gasteiger partial charge in [-0.05, 0) is 51.7 Å². The van der Waals surface area contributed by atoms with Crippen LogP contribution in [-0.4, -0.2) is 16.1 Å². The molecule has 0 amide bonds. The molecule has 4 heteroatoms. The summed E-state index contributed by atoms with van der Waals surface area (Å²) >= 11 is 0. The smallest absolute Gasteiger partial charge is 0.117 e. The highest BCUT2D eigenvalue weighted by molar-refractivity contribution is 5.20. The highest BCUT2D eigenvalue weighted by atomic mass is 16.3. The molecule has 0 aliphatic heterocycles. The number of fused-ring (bicyclic) bond motifs is 1. The fourth-order valence-electron chi connectivity index (χ4n) is 3.19. The Kier molecular flexibility index (Phi) is 3.92. The first-order chi connectivity index (χ1) is 9.75. The molecule has 0 saturated heterocycles. The van der Waals surface area contributed by atoms with Gasteiger partial charge in [0.2, 0.25) is 0 Å². The number of hydrogen-bond donors (Lipinski definition) is 1. The maximum absolute atomic E-state index is 5.34. The second-order valence-corrected chi connectivity index (χ2v) is 5.69. The molecular weight excluding hydrogens is 250 g/mol. The van der Waals surface area contributed by atoms with E-state index in [1.165, 1.54) is 30.7 Å². The number of aromatic nitrogens is 2. The Balaban J connectivity index is 1.64. The molecule has 1 unspecified atom stereocenters. The Hall–Kier alpha value is -1.55. The van der Waals surface area contributed by atoms with Crippen LogP contribution in [0.2, 0.25) is 0 Å². The number of furan rings is 1. The van der Waals surface area contributed by atoms with E-state index in [9.17, 15) is 0 Å². The van der Waals surface area contributed by atoms with Crippen LogP contribution in [0.25, 0.3) is 0 Å². The van der Waals surface area contributed by atoms with Crippen molar-refractivity contribution in [3.8, 4) is 0 Å². The lowest BCUT2D eigenvalue weighted by Crippen LogP contribution is -2.25. The van der Waals surface area contributed by atoms with Crippen molar-refractivity contribution in [2.45, 2.75) is 52.1 Å². The van der Waals surface area contributed by atoms with Gasteiger partial charge in [-0.1, -0.05) is 0 Å². The molecule has 4 nitrogen and oxygen atoms in total. The highest BCUT2D eigenvalue weighted by Crippen LogP contribution is 2.25. The van der Waals surface area contributed by atoms with E-state index in [1.807, 2.05) is 12.1 Å². The number of nitrogens with one attached hydrogen (secondary N) is 1. The van der Waals surface area contributed by atoms with Gasteiger partial charge in [0.15, 0.2) is 0 Å². The van der Waals surface area contributed by atoms with Gasteiger partial charge in [0.25, 0.3) is 0 Å². The minimum atomic E-state index is 0.430. The fourth-order valence-corrected chi connectivity index (χ4v) is 3.19. The average Bonchev–Trinajstić information content (AvgIpc) is 3.04. The predicted molar refractivity (Wildman–Crippen MR) is 78.7 cm³/mol. The van der Waals surface area contributed by atoms with Gasteiger partial charge in [-0.15, -0.1) is 0 Å². The molecule has 0 fully saturated rings. The predicted octanol–water partition coefficient (Wildman–Crippen LogP) is 3.01. The third-order valence-electron chi connectivity index (χ3n) is 4.11. The van der Waals surface area contributed by atoms with Crippen LogP contribution in [-0.2, 0) is 19.4 Å². The molecule has 0 saturated carbocycles. The summed E-state index contributed by atoms with van der Waals surface area (Å²) < 4.78 is 7.76. The van der Waals surface area contributed by atoms with Crippen LogP contribution in [0.1, 0.15) is 48.8 Å². The van der Waals surface area contributed by atoms with Crippen LogP contribution in [0, 0.1) is 6.92 Å². The largest absolute Gasteiger partial charge is 0.468 e. The standard InChI is InChI=1S/C16H23N3O/c1-12(10-17-11-14-6-5-9-20-14)19-13(2)18-15-7-3-4-8-16(15)19/h5-6,9,12,17H,3-4,7-8,10-11H2,1-2H3. The second-order valence-electron chi connectivity index (χ2n) is 5.69. The van der Waals surface area contributed by atoms with Gasteiger partial charge >= 0.3 is 0 Å². The Labute approximate surface area is 120 Å². The van der Waals surface area contributed by atoms with E-state index in [1.54, 1.807) is 6.26 Å². The minimum Gasteiger partial charge on any atom is -0.468 e. The van der Waals surface area contributed by atoms with Crippen LogP contribution < -0.4 is 5.32 Å². The zero-order valence-electron chi connectivity index (χ0n) is 12.4. The normalized spacial score (nSPS) is 16.1. The molecule has 1 N–H and O–H groups in total. The van der Waals surface area contributed by atoms with E-state index in [2.05, 4.69) is 23.7 Å². The van der Waals surface area contributed by atoms with Gasteiger partial charge < -0.3 is 14.3 Å². The van der Waals surface area contributed by atoms with Crippen LogP contribution >= 0.6 is 0 Å². The van der Waals surface area contributed by atoms with Gasteiger partial charge in [-0.25, -0.2) is 4.98 Å². The van der Waals surface area contributed by atoms with E-state index < -0.39 is 0 Å². The first-order valence-electron chi connectivity index (χ1n) is 7.55. The van der Waals surface area contributed by atoms with E-state index in [0.29, 0.717) is 6.04 Å². The van der Waals surface area contributed by atoms with Crippen molar-refractivity contribution < 1.29 is 4.42 Å². The molecule has 20 heavy (non-hydrogen) atoms. The Morgan fingerprint density at radius 2 is 2.25 bits per heavy atom. The second kappa shape index (κ2) is 5.83. The van der Waals surface area contributed by atoms with Crippen molar-refractivity contribution >= 4 is 0 Å². The van der Waals surface area contributed by atoms with Gasteiger partial charge in [0.1, 0.15) is 11.6 Å². The van der Waals surface area contributed by atoms with E-state index in [0.717, 1.165) is 31.1 Å². The molecule has 108 valence electrons. The molecule has 1 aliphatic rings. The number of imidazole rings is 1. The Bertz CT molecular complexity index is 557. The van der Waals surface area contributed by atoms with Crippen molar-refractivity contribution in [3.63, 3.8) is 0 Å². The molecule has 1 atom stereocenters. The molecular formula is C16H23N3O. The van der Waals surface area contributed by atoms with Gasteiger partial charge in [-0.2, -0.15) is 0 Å². The van der Waals surface area contributed by atoms with Crippen molar-refractivity contribution in [2.75, 3.05) is 6.54 Å². The molecule has 2 aromatic rings. The number of aryl methyl sites for hydroxylation is 2. The van der Waals surface area contributed by atoms with E-state index in [4.69, 9.17) is 9.40 Å². The van der Waals surface area contributed by atoms with Crippen LogP contribution in [0.3, 0.4) is 0 Å². The average molecular weight is 273 g/mol. The monoisotopic (exact) mass is 273 g/mol. The fraction of sp³-hybridized carbons (Fsp3) is 0.562. The summed E-state index contributed by atoms with van der Waals surface area (Å²) in [7, 11) is 0. The molecule has 2 heterocycles. The lowest BCUT2D eigenvalue weighted by atomic mass is 10.0. The highest BCUT2D eigenvalue weighted by Gasteiger charge is 2.20. The van der Waals surface area contributed by atoms with Crippen molar-refractivity contribution in [3.05, 3.63) is 41.4 Å². The van der Waals surface area contributed by atoms with Crippen molar-refractivity contribution in [2.24, 2.45) is 0 Å². The SMILES string of the molecule is Cc1nc2c(n1C(C)CNCc1ccco1)CCCC2. The number of hydrogen-bond acceptors (Lipinski definition) is 3. The zero-order chi connectivity index (χ0) is 13.9. The molecule has 0 aromatic carbocycles. The van der Waals surface area contributed by atoms with Gasteiger partial charge in [0.05, 0.1) is 18.5 Å². The summed E-state index contributed by atoms with van der Waals surface area (Å²) in [6.45, 7) is 6.11. The van der Waals surface area contributed by atoms with Gasteiger partial charge in [0, 0.05) is 18.3 Å². The topological polar surface area (TPSA) is 43.0 Å². The lowest BCUT2D eigenvalue weighted by molar-refractivity contribution is 0.434. The molecule has 2 aromatic heterocycles. The number of nitrogens with zero attached hydrogens (tertiary/aromatic N) is 2. The molecule has 3 rings (SSSR count). The summed E-state index contributed by atoms with van der Waals surface area (Å²) in [5, 5.41) is 3.47. The summed E-state index contributed by atoms with van der Waals surface area (Å²) in [6, 6.07) is 4.36. The first-order valence-corrected chi connectivity index (χ1v) is 7.55. The number of rotatable bonds is 5. The molecule has 0 bridgehead atoms. The summed E-state index contributed by atoms with van der Waals surface area (Å²) in [6.07, 6.45) is 6.63. The zero-order valence-corrected chi connectivity index (χ0v) is 12.4. The van der Waals surface area contributed by atoms with Crippen LogP contribution in [0.15, 0.2) is 22.8 Å². The van der Waals surface area contributed by atoms with Crippen molar-refractivity contribution in [1.82, 2.24) is 14.9 Å². The quantitative estimate of drug-likeness (QED) is 0.910. The Morgan fingerprint density at radius 3 is 3.05 bits per heavy atom. The third kappa shape index (κ3) is 2.66. The van der Waals surface area contributed by atoms with Crippen LogP contribution in [0.4, 0.5) is 0 Å². The minimum absolute atomic E-state index is 0.430. The molecule has 0 radical (unpaired) electrons. The summed E-state index contributed by atoms with van der Waals surface area (Å²) in [5.74, 6) is 2.14. The molecule has 0 spiro atoms. The van der Waals surface area contributed by atoms with E-state index in [-0.39, 0.29) is 0 Å². The maximum Gasteiger partial charge on any atom is 0.117 e. The van der Waals surface area contributed by atoms with Gasteiger partial charge in [-0.3, -0.25) is 0 Å². The first kappa shape index (κ1) is 13.4. The van der Waals surface area contributed by atoms with Crippen molar-refractivity contribution in [1.29, 1.82) is 0 Å². The Morgan fingerprint density at radius 1 is 1.40 bits per heavy atom. The summed E-state index contributed by atoms with van der Waals surface area (Å²) in [4.78, 5) is 4.75. The lowest BCUT2D eigenvalue weighted by Gasteiger charge is -2.21. The third-order valence-corrected chi connectivity index (χ3v) is 4.11. The maximum atomic E-state index is 5.34.